The molecule has 1 unspecified atom stereocenters. The molecule has 3 rings (SSSR count). The van der Waals surface area contributed by atoms with Gasteiger partial charge in [0.15, 0.2) is 5.96 Å². The van der Waals surface area contributed by atoms with Crippen molar-refractivity contribution in [2.45, 2.75) is 30.6 Å². The summed E-state index contributed by atoms with van der Waals surface area (Å²) in [5.74, 6) is 0.730. The fourth-order valence-corrected chi connectivity index (χ4v) is 3.89. The zero-order valence-electron chi connectivity index (χ0n) is 17.3. The van der Waals surface area contributed by atoms with Gasteiger partial charge in [-0.25, -0.2) is 13.6 Å². The lowest BCUT2D eigenvalue weighted by molar-refractivity contribution is -0.116. The number of sulfonamides is 1. The van der Waals surface area contributed by atoms with Crippen LogP contribution in [-0.2, 0) is 21.2 Å². The van der Waals surface area contributed by atoms with Gasteiger partial charge in [0, 0.05) is 31.1 Å². The highest BCUT2D eigenvalue weighted by molar-refractivity contribution is 14.0. The molecule has 2 aromatic carbocycles. The molecule has 1 amide bonds. The predicted octanol–water partition coefficient (Wildman–Crippen LogP) is 2.18. The molecule has 5 N–H and O–H groups in total. The van der Waals surface area contributed by atoms with Gasteiger partial charge in [0.05, 0.1) is 11.4 Å². The molecule has 31 heavy (non-hydrogen) atoms. The largest absolute Gasteiger partial charge is 0.357 e. The Bertz CT molecular complexity index is 1030. The van der Waals surface area contributed by atoms with E-state index >= 15 is 0 Å². The summed E-state index contributed by atoms with van der Waals surface area (Å²) in [6.45, 7) is 3.84. The van der Waals surface area contributed by atoms with Crippen LogP contribution in [0.15, 0.2) is 58.4 Å². The van der Waals surface area contributed by atoms with E-state index in [2.05, 4.69) is 20.9 Å². The maximum Gasteiger partial charge on any atom is 0.238 e. The molecule has 0 saturated heterocycles. The second-order valence-electron chi connectivity index (χ2n) is 7.12. The van der Waals surface area contributed by atoms with Crippen molar-refractivity contribution in [1.29, 1.82) is 0 Å². The Morgan fingerprint density at radius 2 is 1.87 bits per heavy atom. The third-order valence-electron chi connectivity index (χ3n) is 4.88. The molecule has 1 heterocycles. The summed E-state index contributed by atoms with van der Waals surface area (Å²) in [6, 6.07) is 14.3. The van der Waals surface area contributed by atoms with Crippen molar-refractivity contribution in [1.82, 2.24) is 10.6 Å². The summed E-state index contributed by atoms with van der Waals surface area (Å²) in [6.07, 6.45) is 1.11. The molecule has 0 bridgehead atoms. The molecule has 1 atom stereocenters. The Morgan fingerprint density at radius 3 is 2.55 bits per heavy atom. The minimum Gasteiger partial charge on any atom is -0.357 e. The number of anilines is 1. The third kappa shape index (κ3) is 7.18. The molecule has 0 radical (unpaired) electrons. The number of benzene rings is 2. The number of nitrogens with zero attached hydrogens (tertiary/aromatic N) is 1. The van der Waals surface area contributed by atoms with Crippen LogP contribution in [0.5, 0.6) is 0 Å². The SMILES string of the molecule is CCNC(=NCC1CC(=O)Nc2ccccc21)NCCc1ccc(S(N)(=O)=O)cc1.I. The van der Waals surface area contributed by atoms with E-state index in [0.717, 1.165) is 23.4 Å². The lowest BCUT2D eigenvalue weighted by atomic mass is 9.91. The van der Waals surface area contributed by atoms with E-state index in [4.69, 9.17) is 5.14 Å². The van der Waals surface area contributed by atoms with E-state index in [1.165, 1.54) is 12.1 Å². The van der Waals surface area contributed by atoms with E-state index < -0.39 is 10.0 Å². The van der Waals surface area contributed by atoms with Crippen molar-refractivity contribution in [3.8, 4) is 0 Å². The van der Waals surface area contributed by atoms with Gasteiger partial charge >= 0.3 is 0 Å². The molecule has 0 saturated carbocycles. The van der Waals surface area contributed by atoms with Gasteiger partial charge in [0.25, 0.3) is 0 Å². The summed E-state index contributed by atoms with van der Waals surface area (Å²) in [5, 5.41) is 14.5. The van der Waals surface area contributed by atoms with Crippen molar-refractivity contribution in [2.75, 3.05) is 25.0 Å². The van der Waals surface area contributed by atoms with E-state index in [9.17, 15) is 13.2 Å². The average Bonchev–Trinajstić information content (AvgIpc) is 2.71. The number of nitrogens with two attached hydrogens (primary N) is 1. The van der Waals surface area contributed by atoms with Crippen LogP contribution >= 0.6 is 24.0 Å². The smallest absolute Gasteiger partial charge is 0.238 e. The minimum absolute atomic E-state index is 0. The van der Waals surface area contributed by atoms with E-state index in [0.29, 0.717) is 31.9 Å². The van der Waals surface area contributed by atoms with Gasteiger partial charge in [-0.1, -0.05) is 30.3 Å². The number of para-hydroxylation sites is 1. The van der Waals surface area contributed by atoms with Crippen molar-refractivity contribution in [2.24, 2.45) is 10.1 Å². The molecule has 0 aromatic heterocycles. The van der Waals surface area contributed by atoms with Gasteiger partial charge < -0.3 is 16.0 Å². The van der Waals surface area contributed by atoms with Crippen LogP contribution < -0.4 is 21.1 Å². The molecule has 0 aliphatic carbocycles. The van der Waals surface area contributed by atoms with Crippen LogP contribution in [0.3, 0.4) is 0 Å². The molecule has 2 aromatic rings. The fourth-order valence-electron chi connectivity index (χ4n) is 3.38. The molecular weight excluding hydrogens is 529 g/mol. The second-order valence-corrected chi connectivity index (χ2v) is 8.68. The number of hydrogen-bond acceptors (Lipinski definition) is 4. The number of carbonyl (C=O) groups is 1. The van der Waals surface area contributed by atoms with Gasteiger partial charge in [-0.05, 0) is 42.7 Å². The number of primary sulfonamides is 1. The summed E-state index contributed by atoms with van der Waals surface area (Å²) in [5.41, 5.74) is 2.95. The van der Waals surface area contributed by atoms with Gasteiger partial charge in [0.2, 0.25) is 15.9 Å². The number of fused-ring (bicyclic) bond motifs is 1. The maximum absolute atomic E-state index is 12.0. The number of aliphatic imine (C=N–C) groups is 1. The Kier molecular flexibility index (Phi) is 9.26. The molecule has 0 fully saturated rings. The first-order valence-corrected chi connectivity index (χ1v) is 11.4. The summed E-state index contributed by atoms with van der Waals surface area (Å²) >= 11 is 0. The maximum atomic E-state index is 12.0. The van der Waals surface area contributed by atoms with Gasteiger partial charge in [0.1, 0.15) is 0 Å². The van der Waals surface area contributed by atoms with E-state index in [1.807, 2.05) is 31.2 Å². The molecule has 1 aliphatic rings. The lowest BCUT2D eigenvalue weighted by Crippen LogP contribution is -2.38. The average molecular weight is 557 g/mol. The number of amides is 1. The van der Waals surface area contributed by atoms with E-state index in [1.54, 1.807) is 12.1 Å². The first-order valence-electron chi connectivity index (χ1n) is 9.89. The predicted molar refractivity (Wildman–Crippen MR) is 133 cm³/mol. The van der Waals surface area contributed by atoms with Crippen molar-refractivity contribution >= 4 is 51.6 Å². The first kappa shape index (κ1) is 25.1. The quantitative estimate of drug-likeness (QED) is 0.236. The fraction of sp³-hybridized carbons (Fsp3) is 0.333. The standard InChI is InChI=1S/C21H27N5O3S.HI/c1-2-23-21(24-12-11-15-7-9-17(10-8-15)30(22,28)29)25-14-16-13-20(27)26-19-6-4-3-5-18(16)19;/h3-10,16H,2,11-14H2,1H3,(H,26,27)(H2,22,28,29)(H2,23,24,25);1H. The second kappa shape index (κ2) is 11.4. The summed E-state index contributed by atoms with van der Waals surface area (Å²) in [4.78, 5) is 16.8. The Morgan fingerprint density at radius 1 is 1.16 bits per heavy atom. The highest BCUT2D eigenvalue weighted by atomic mass is 127. The highest BCUT2D eigenvalue weighted by Crippen LogP contribution is 2.31. The van der Waals surface area contributed by atoms with Crippen molar-refractivity contribution in [3.05, 3.63) is 59.7 Å². The van der Waals surface area contributed by atoms with Crippen LogP contribution in [0.4, 0.5) is 5.69 Å². The number of guanidine groups is 1. The Labute approximate surface area is 200 Å². The highest BCUT2D eigenvalue weighted by Gasteiger charge is 2.24. The summed E-state index contributed by atoms with van der Waals surface area (Å²) < 4.78 is 22.7. The van der Waals surface area contributed by atoms with Crippen LogP contribution in [-0.4, -0.2) is 39.9 Å². The Hall–Kier alpha value is -2.18. The van der Waals surface area contributed by atoms with Gasteiger partial charge in [-0.3, -0.25) is 9.79 Å². The molecule has 10 heteroatoms. The molecule has 168 valence electrons. The van der Waals surface area contributed by atoms with Crippen LogP contribution in [0.2, 0.25) is 0 Å². The van der Waals surface area contributed by atoms with E-state index in [-0.39, 0.29) is 40.7 Å². The number of rotatable bonds is 7. The monoisotopic (exact) mass is 557 g/mol. The number of carbonyl (C=O) groups excluding carboxylic acids is 1. The topological polar surface area (TPSA) is 126 Å². The molecule has 1 aliphatic heterocycles. The summed E-state index contributed by atoms with van der Waals surface area (Å²) in [7, 11) is -3.68. The zero-order chi connectivity index (χ0) is 21.6. The minimum atomic E-state index is -3.68. The number of halogens is 1. The molecule has 8 nitrogen and oxygen atoms in total. The normalized spacial score (nSPS) is 16.0. The zero-order valence-corrected chi connectivity index (χ0v) is 20.4. The third-order valence-corrected chi connectivity index (χ3v) is 5.81. The van der Waals surface area contributed by atoms with Crippen LogP contribution in [0.25, 0.3) is 0 Å². The van der Waals surface area contributed by atoms with Gasteiger partial charge in [-0.15, -0.1) is 24.0 Å². The molecular formula is C21H28IN5O3S. The number of nitrogens with one attached hydrogen (secondary N) is 3. The van der Waals surface area contributed by atoms with Crippen molar-refractivity contribution < 1.29 is 13.2 Å². The van der Waals surface area contributed by atoms with Gasteiger partial charge in [-0.2, -0.15) is 0 Å². The lowest BCUT2D eigenvalue weighted by Gasteiger charge is -2.24. The van der Waals surface area contributed by atoms with Crippen LogP contribution in [0, 0.1) is 0 Å². The van der Waals surface area contributed by atoms with Crippen molar-refractivity contribution in [3.63, 3.8) is 0 Å². The van der Waals surface area contributed by atoms with Crippen LogP contribution in [0.1, 0.15) is 30.4 Å². The first-order chi connectivity index (χ1) is 14.4. The number of hydrogen-bond donors (Lipinski definition) is 4. The Balaban J connectivity index is 0.00000341. The molecule has 0 spiro atoms.